The fraction of sp³-hybridized carbons (Fsp3) is 0.375. The van der Waals surface area contributed by atoms with Crippen LogP contribution >= 0.6 is 0 Å². The van der Waals surface area contributed by atoms with Crippen LogP contribution in [0, 0.1) is 12.8 Å². The van der Waals surface area contributed by atoms with Crippen LogP contribution in [0.3, 0.4) is 0 Å². The van der Waals surface area contributed by atoms with Gasteiger partial charge in [0.15, 0.2) is 0 Å². The molecule has 0 spiro atoms. The Morgan fingerprint density at radius 3 is 2.45 bits per heavy atom. The van der Waals surface area contributed by atoms with Crippen LogP contribution in [-0.2, 0) is 26.2 Å². The van der Waals surface area contributed by atoms with Crippen molar-refractivity contribution < 1.29 is 18.0 Å². The number of carbonyl (C=O) groups excluding carboxylic acids is 2. The summed E-state index contributed by atoms with van der Waals surface area (Å²) in [5.41, 5.74) is 2.66. The maximum absolute atomic E-state index is 12.7. The van der Waals surface area contributed by atoms with Gasteiger partial charge < -0.3 is 15.1 Å². The van der Waals surface area contributed by atoms with Crippen molar-refractivity contribution >= 4 is 33.4 Å². The van der Waals surface area contributed by atoms with Gasteiger partial charge in [0.25, 0.3) is 10.0 Å². The summed E-state index contributed by atoms with van der Waals surface area (Å²) in [6.07, 6.45) is 1.70. The van der Waals surface area contributed by atoms with Crippen LogP contribution in [0.25, 0.3) is 0 Å². The van der Waals surface area contributed by atoms with Crippen molar-refractivity contribution in [1.29, 1.82) is 0 Å². The summed E-state index contributed by atoms with van der Waals surface area (Å²) in [6.45, 7) is 3.64. The van der Waals surface area contributed by atoms with Crippen molar-refractivity contribution in [1.82, 2.24) is 9.80 Å². The van der Waals surface area contributed by atoms with Crippen molar-refractivity contribution in [3.8, 4) is 0 Å². The number of aryl methyl sites for hydroxylation is 1. The third-order valence-corrected chi connectivity index (χ3v) is 7.38. The van der Waals surface area contributed by atoms with E-state index < -0.39 is 15.9 Å². The molecule has 2 aliphatic heterocycles. The van der Waals surface area contributed by atoms with E-state index in [-0.39, 0.29) is 23.1 Å². The molecule has 2 aliphatic rings. The zero-order valence-electron chi connectivity index (χ0n) is 18.8. The molecule has 174 valence electrons. The molecule has 0 aromatic heterocycles. The first-order chi connectivity index (χ1) is 15.7. The summed E-state index contributed by atoms with van der Waals surface area (Å²) in [5.74, 6) is -0.185. The lowest BCUT2D eigenvalue weighted by molar-refractivity contribution is -0.128. The van der Waals surface area contributed by atoms with Gasteiger partial charge in [-0.05, 0) is 43.2 Å². The lowest BCUT2D eigenvalue weighted by Gasteiger charge is -2.17. The number of amides is 2. The zero-order chi connectivity index (χ0) is 23.6. The van der Waals surface area contributed by atoms with Gasteiger partial charge in [-0.2, -0.15) is 8.42 Å². The van der Waals surface area contributed by atoms with Crippen molar-refractivity contribution in [3.05, 3.63) is 59.7 Å². The molecule has 2 saturated heterocycles. The molecule has 8 nitrogen and oxygen atoms in total. The fourth-order valence-corrected chi connectivity index (χ4v) is 5.16. The molecule has 2 heterocycles. The van der Waals surface area contributed by atoms with Gasteiger partial charge in [0.05, 0.1) is 10.8 Å². The van der Waals surface area contributed by atoms with Gasteiger partial charge in [0.2, 0.25) is 11.8 Å². The molecule has 9 heteroatoms. The molecule has 1 atom stereocenters. The number of likely N-dealkylation sites (tertiary alicyclic amines) is 2. The molecule has 0 saturated carbocycles. The maximum Gasteiger partial charge on any atom is 0.283 e. The molecule has 0 radical (unpaired) electrons. The van der Waals surface area contributed by atoms with Gasteiger partial charge >= 0.3 is 0 Å². The van der Waals surface area contributed by atoms with Gasteiger partial charge in [-0.1, -0.05) is 29.8 Å². The van der Waals surface area contributed by atoms with Crippen LogP contribution in [0.2, 0.25) is 0 Å². The molecule has 1 N–H and O–H groups in total. The number of amidine groups is 1. The second-order valence-corrected chi connectivity index (χ2v) is 10.3. The number of nitrogens with one attached hydrogen (secondary N) is 1. The predicted octanol–water partition coefficient (Wildman–Crippen LogP) is 2.80. The number of nitrogens with zero attached hydrogens (tertiary/aromatic N) is 3. The van der Waals surface area contributed by atoms with Gasteiger partial charge in [-0.25, -0.2) is 0 Å². The van der Waals surface area contributed by atoms with Crippen LogP contribution in [0.5, 0.6) is 0 Å². The van der Waals surface area contributed by atoms with Crippen molar-refractivity contribution in [2.75, 3.05) is 25.5 Å². The Hall–Kier alpha value is -3.20. The Morgan fingerprint density at radius 2 is 1.82 bits per heavy atom. The van der Waals surface area contributed by atoms with Crippen molar-refractivity contribution in [3.63, 3.8) is 0 Å². The predicted molar refractivity (Wildman–Crippen MR) is 126 cm³/mol. The highest BCUT2D eigenvalue weighted by molar-refractivity contribution is 7.90. The molecule has 1 unspecified atom stereocenters. The molecule has 2 aromatic rings. The Bertz CT molecular complexity index is 1170. The molecule has 0 aliphatic carbocycles. The highest BCUT2D eigenvalue weighted by Crippen LogP contribution is 2.23. The highest BCUT2D eigenvalue weighted by atomic mass is 32.2. The summed E-state index contributed by atoms with van der Waals surface area (Å²) >= 11 is 0. The first-order valence-electron chi connectivity index (χ1n) is 11.0. The first-order valence-corrected chi connectivity index (χ1v) is 12.4. The second kappa shape index (κ2) is 9.35. The van der Waals surface area contributed by atoms with Gasteiger partial charge in [0.1, 0.15) is 5.84 Å². The maximum atomic E-state index is 12.7. The normalized spacial score (nSPS) is 20.0. The van der Waals surface area contributed by atoms with Crippen LogP contribution in [0.4, 0.5) is 5.69 Å². The van der Waals surface area contributed by atoms with Crippen LogP contribution in [-0.4, -0.2) is 56.0 Å². The summed E-state index contributed by atoms with van der Waals surface area (Å²) in [6, 6.07) is 13.9. The topological polar surface area (TPSA) is 99.2 Å². The quantitative estimate of drug-likeness (QED) is 0.703. The third kappa shape index (κ3) is 5.42. The van der Waals surface area contributed by atoms with Crippen molar-refractivity contribution in [2.24, 2.45) is 10.3 Å². The lowest BCUT2D eigenvalue weighted by Crippen LogP contribution is -2.28. The van der Waals surface area contributed by atoms with Crippen LogP contribution in [0.15, 0.2) is 57.8 Å². The van der Waals surface area contributed by atoms with Gasteiger partial charge in [-0.15, -0.1) is 4.40 Å². The molecule has 4 rings (SSSR count). The van der Waals surface area contributed by atoms with E-state index in [9.17, 15) is 18.0 Å². The zero-order valence-corrected chi connectivity index (χ0v) is 19.6. The summed E-state index contributed by atoms with van der Waals surface area (Å²) in [4.78, 5) is 28.7. The second-order valence-electron chi connectivity index (χ2n) is 8.68. The number of anilines is 1. The van der Waals surface area contributed by atoms with E-state index in [0.29, 0.717) is 31.0 Å². The van der Waals surface area contributed by atoms with E-state index in [1.54, 1.807) is 17.0 Å². The first kappa shape index (κ1) is 23.0. The number of benzene rings is 2. The van der Waals surface area contributed by atoms with E-state index >= 15 is 0 Å². The minimum Gasteiger partial charge on any atom is -0.362 e. The standard InChI is InChI=1S/C24H28N4O4S/c1-17-5-7-18(8-6-17)15-28-16-19(14-23(28)29)24(30)25-20-9-11-21(12-10-20)33(31,32)26-22-4-3-13-27(22)2/h5-12,19H,3-4,13-16H2,1-2H3,(H,25,30)/b26-22+. The lowest BCUT2D eigenvalue weighted by atomic mass is 10.1. The number of hydrogen-bond donors (Lipinski definition) is 1. The van der Waals surface area contributed by atoms with Crippen molar-refractivity contribution in [2.45, 2.75) is 37.6 Å². The number of hydrogen-bond acceptors (Lipinski definition) is 4. The molecule has 33 heavy (non-hydrogen) atoms. The Labute approximate surface area is 194 Å². The largest absolute Gasteiger partial charge is 0.362 e. The summed E-state index contributed by atoms with van der Waals surface area (Å²) in [5, 5.41) is 2.80. The molecule has 2 aromatic carbocycles. The summed E-state index contributed by atoms with van der Waals surface area (Å²) in [7, 11) is -1.97. The fourth-order valence-electron chi connectivity index (χ4n) is 4.07. The SMILES string of the molecule is Cc1ccc(CN2CC(C(=O)Nc3ccc(S(=O)(=O)/N=C4\CCCN4C)cc3)CC2=O)cc1. The Kier molecular flexibility index (Phi) is 6.51. The molecule has 0 bridgehead atoms. The Balaban J connectivity index is 1.37. The van der Waals surface area contributed by atoms with Gasteiger partial charge in [-0.3, -0.25) is 9.59 Å². The molecular weight excluding hydrogens is 440 g/mol. The average Bonchev–Trinajstić information content (AvgIpc) is 3.35. The molecule has 2 amide bonds. The number of rotatable bonds is 6. The minimum absolute atomic E-state index is 0.0480. The minimum atomic E-state index is -3.80. The van der Waals surface area contributed by atoms with E-state index in [1.165, 1.54) is 12.1 Å². The van der Waals surface area contributed by atoms with E-state index in [4.69, 9.17) is 0 Å². The molecule has 2 fully saturated rings. The van der Waals surface area contributed by atoms with Crippen LogP contribution < -0.4 is 5.32 Å². The van der Waals surface area contributed by atoms with Crippen LogP contribution in [0.1, 0.15) is 30.4 Å². The summed E-state index contributed by atoms with van der Waals surface area (Å²) < 4.78 is 29.1. The van der Waals surface area contributed by atoms with Gasteiger partial charge in [0, 0.05) is 45.2 Å². The average molecular weight is 469 g/mol. The van der Waals surface area contributed by atoms with E-state index in [2.05, 4.69) is 9.71 Å². The highest BCUT2D eigenvalue weighted by Gasteiger charge is 2.34. The molecular formula is C24H28N4O4S. The monoisotopic (exact) mass is 468 g/mol. The van der Waals surface area contributed by atoms with E-state index in [0.717, 1.165) is 24.1 Å². The third-order valence-electron chi connectivity index (χ3n) is 6.06. The number of carbonyl (C=O) groups is 2. The smallest absolute Gasteiger partial charge is 0.283 e. The Morgan fingerprint density at radius 1 is 1.12 bits per heavy atom. The van der Waals surface area contributed by atoms with E-state index in [1.807, 2.05) is 43.1 Å². The number of sulfonamides is 1.